The summed E-state index contributed by atoms with van der Waals surface area (Å²) in [6, 6.07) is 8.67. The van der Waals surface area contributed by atoms with E-state index in [4.69, 9.17) is 0 Å². The fourth-order valence-corrected chi connectivity index (χ4v) is 2.37. The Morgan fingerprint density at radius 3 is 2.40 bits per heavy atom. The number of carboxylic acids is 1. The highest BCUT2D eigenvalue weighted by Gasteiger charge is 2.31. The van der Waals surface area contributed by atoms with E-state index in [2.05, 4.69) is 0 Å². The molecule has 4 nitrogen and oxygen atoms in total. The number of amides is 1. The van der Waals surface area contributed by atoms with Gasteiger partial charge in [-0.25, -0.2) is 4.79 Å². The van der Waals surface area contributed by atoms with Crippen LogP contribution in [0.1, 0.15) is 25.3 Å². The summed E-state index contributed by atoms with van der Waals surface area (Å²) in [4.78, 5) is 25.2. The second-order valence-electron chi connectivity index (χ2n) is 5.11. The van der Waals surface area contributed by atoms with Crippen LogP contribution in [0.2, 0.25) is 0 Å². The molecular weight excluding hydrogens is 254 g/mol. The molecule has 1 aromatic rings. The maximum atomic E-state index is 12.5. The van der Waals surface area contributed by atoms with Crippen LogP contribution in [-0.4, -0.2) is 27.9 Å². The van der Waals surface area contributed by atoms with Gasteiger partial charge in [-0.15, -0.1) is 0 Å². The number of allylic oxidation sites excluding steroid dienone is 2. The van der Waals surface area contributed by atoms with Crippen LogP contribution in [-0.2, 0) is 16.1 Å². The zero-order valence-corrected chi connectivity index (χ0v) is 11.5. The third-order valence-corrected chi connectivity index (χ3v) is 3.66. The molecule has 0 saturated heterocycles. The Kier molecular flexibility index (Phi) is 4.56. The first-order valence-electron chi connectivity index (χ1n) is 6.82. The van der Waals surface area contributed by atoms with E-state index in [1.165, 1.54) is 4.90 Å². The van der Waals surface area contributed by atoms with Crippen molar-refractivity contribution in [3.63, 3.8) is 0 Å². The number of rotatable bonds is 5. The van der Waals surface area contributed by atoms with Crippen LogP contribution < -0.4 is 0 Å². The van der Waals surface area contributed by atoms with Gasteiger partial charge in [-0.2, -0.15) is 0 Å². The predicted octanol–water partition coefficient (Wildman–Crippen LogP) is 2.45. The van der Waals surface area contributed by atoms with Gasteiger partial charge in [0, 0.05) is 12.5 Å². The smallest absolute Gasteiger partial charge is 0.326 e. The Morgan fingerprint density at radius 1 is 1.25 bits per heavy atom. The van der Waals surface area contributed by atoms with Gasteiger partial charge in [0.25, 0.3) is 0 Å². The van der Waals surface area contributed by atoms with Gasteiger partial charge in [-0.05, 0) is 25.3 Å². The number of carboxylic acid groups (broad SMARTS) is 1. The van der Waals surface area contributed by atoms with Crippen molar-refractivity contribution in [2.45, 2.75) is 32.4 Å². The fourth-order valence-electron chi connectivity index (χ4n) is 2.37. The number of carbonyl (C=O) groups is 2. The molecule has 1 N–H and O–H groups in total. The van der Waals surface area contributed by atoms with Gasteiger partial charge < -0.3 is 10.0 Å². The van der Waals surface area contributed by atoms with E-state index in [1.54, 1.807) is 6.92 Å². The predicted molar refractivity (Wildman–Crippen MR) is 76.0 cm³/mol. The van der Waals surface area contributed by atoms with E-state index in [-0.39, 0.29) is 11.8 Å². The van der Waals surface area contributed by atoms with Crippen LogP contribution in [0.5, 0.6) is 0 Å². The zero-order valence-electron chi connectivity index (χ0n) is 11.5. The van der Waals surface area contributed by atoms with Gasteiger partial charge in [-0.3, -0.25) is 4.79 Å². The summed E-state index contributed by atoms with van der Waals surface area (Å²) in [5.41, 5.74) is 0.944. The minimum atomic E-state index is -0.972. The quantitative estimate of drug-likeness (QED) is 0.838. The van der Waals surface area contributed by atoms with Crippen LogP contribution in [0.3, 0.4) is 0 Å². The SMILES string of the molecule is CC(C(=O)O)N(Cc1ccccc1)C(=O)C1CC=CC1. The summed E-state index contributed by atoms with van der Waals surface area (Å²) in [6.45, 7) is 1.90. The summed E-state index contributed by atoms with van der Waals surface area (Å²) < 4.78 is 0. The van der Waals surface area contributed by atoms with Crippen LogP contribution >= 0.6 is 0 Å². The summed E-state index contributed by atoms with van der Waals surface area (Å²) in [7, 11) is 0. The topological polar surface area (TPSA) is 57.6 Å². The van der Waals surface area contributed by atoms with Gasteiger partial charge in [0.15, 0.2) is 0 Å². The lowest BCUT2D eigenvalue weighted by atomic mass is 10.0. The number of hydrogen-bond donors (Lipinski definition) is 1. The Morgan fingerprint density at radius 2 is 1.85 bits per heavy atom. The summed E-state index contributed by atoms with van der Waals surface area (Å²) in [5.74, 6) is -1.16. The standard InChI is InChI=1S/C16H19NO3/c1-12(16(19)20)17(11-13-7-3-2-4-8-13)15(18)14-9-5-6-10-14/h2-8,12,14H,9-11H2,1H3,(H,19,20). The number of aliphatic carboxylic acids is 1. The van der Waals surface area contributed by atoms with E-state index < -0.39 is 12.0 Å². The van der Waals surface area contributed by atoms with Crippen LogP contribution in [0.25, 0.3) is 0 Å². The summed E-state index contributed by atoms with van der Waals surface area (Å²) in [5, 5.41) is 9.21. The van der Waals surface area contributed by atoms with Gasteiger partial charge in [0.2, 0.25) is 5.91 Å². The third kappa shape index (κ3) is 3.26. The van der Waals surface area contributed by atoms with Crippen molar-refractivity contribution in [3.8, 4) is 0 Å². The molecule has 0 fully saturated rings. The normalized spacial score (nSPS) is 16.1. The van der Waals surface area contributed by atoms with Crippen molar-refractivity contribution in [2.75, 3.05) is 0 Å². The molecule has 1 unspecified atom stereocenters. The van der Waals surface area contributed by atoms with E-state index in [0.717, 1.165) is 5.56 Å². The Labute approximate surface area is 118 Å². The first kappa shape index (κ1) is 14.3. The molecule has 0 radical (unpaired) electrons. The lowest BCUT2D eigenvalue weighted by Crippen LogP contribution is -2.45. The van der Waals surface area contributed by atoms with Crippen molar-refractivity contribution in [1.82, 2.24) is 4.90 Å². The first-order chi connectivity index (χ1) is 9.59. The van der Waals surface area contributed by atoms with Crippen molar-refractivity contribution in [1.29, 1.82) is 0 Å². The molecule has 0 aliphatic heterocycles. The third-order valence-electron chi connectivity index (χ3n) is 3.66. The molecule has 0 saturated carbocycles. The molecule has 0 bridgehead atoms. The van der Waals surface area contributed by atoms with E-state index in [1.807, 2.05) is 42.5 Å². The van der Waals surface area contributed by atoms with Gasteiger partial charge in [0.05, 0.1) is 0 Å². The summed E-state index contributed by atoms with van der Waals surface area (Å²) in [6.07, 6.45) is 5.37. The van der Waals surface area contributed by atoms with Gasteiger partial charge >= 0.3 is 5.97 Å². The Hall–Kier alpha value is -2.10. The lowest BCUT2D eigenvalue weighted by molar-refractivity contribution is -0.151. The highest BCUT2D eigenvalue weighted by molar-refractivity contribution is 5.85. The molecule has 4 heteroatoms. The van der Waals surface area contributed by atoms with E-state index in [9.17, 15) is 14.7 Å². The monoisotopic (exact) mass is 273 g/mol. The molecule has 2 rings (SSSR count). The van der Waals surface area contributed by atoms with Crippen LogP contribution in [0.4, 0.5) is 0 Å². The minimum Gasteiger partial charge on any atom is -0.480 e. The molecule has 1 amide bonds. The second-order valence-corrected chi connectivity index (χ2v) is 5.11. The molecule has 106 valence electrons. The van der Waals surface area contributed by atoms with Crippen molar-refractivity contribution in [3.05, 3.63) is 48.0 Å². The Balaban J connectivity index is 2.16. The van der Waals surface area contributed by atoms with Crippen LogP contribution in [0.15, 0.2) is 42.5 Å². The fraction of sp³-hybridized carbons (Fsp3) is 0.375. The maximum absolute atomic E-state index is 12.5. The van der Waals surface area contributed by atoms with Gasteiger partial charge in [0.1, 0.15) is 6.04 Å². The van der Waals surface area contributed by atoms with Crippen LogP contribution in [0, 0.1) is 5.92 Å². The molecular formula is C16H19NO3. The highest BCUT2D eigenvalue weighted by atomic mass is 16.4. The molecule has 1 aromatic carbocycles. The molecule has 1 aliphatic carbocycles. The average molecular weight is 273 g/mol. The van der Waals surface area contributed by atoms with Crippen molar-refractivity contribution in [2.24, 2.45) is 5.92 Å². The first-order valence-corrected chi connectivity index (χ1v) is 6.82. The number of hydrogen-bond acceptors (Lipinski definition) is 2. The number of carbonyl (C=O) groups excluding carboxylic acids is 1. The molecule has 0 heterocycles. The molecule has 1 aliphatic rings. The Bertz CT molecular complexity index is 502. The zero-order chi connectivity index (χ0) is 14.5. The van der Waals surface area contributed by atoms with Gasteiger partial charge in [-0.1, -0.05) is 42.5 Å². The lowest BCUT2D eigenvalue weighted by Gasteiger charge is -2.29. The minimum absolute atomic E-state index is 0.0752. The molecule has 20 heavy (non-hydrogen) atoms. The van der Waals surface area contributed by atoms with Crippen molar-refractivity contribution < 1.29 is 14.7 Å². The second kappa shape index (κ2) is 6.37. The van der Waals surface area contributed by atoms with Crippen molar-refractivity contribution >= 4 is 11.9 Å². The largest absolute Gasteiger partial charge is 0.480 e. The number of nitrogens with zero attached hydrogens (tertiary/aromatic N) is 1. The maximum Gasteiger partial charge on any atom is 0.326 e. The number of benzene rings is 1. The molecule has 0 spiro atoms. The van der Waals surface area contributed by atoms with E-state index >= 15 is 0 Å². The highest BCUT2D eigenvalue weighted by Crippen LogP contribution is 2.23. The van der Waals surface area contributed by atoms with E-state index in [0.29, 0.717) is 19.4 Å². The molecule has 1 atom stereocenters. The summed E-state index contributed by atoms with van der Waals surface area (Å²) >= 11 is 0. The molecule has 0 aromatic heterocycles. The average Bonchev–Trinajstić information content (AvgIpc) is 2.98.